The fourth-order valence-electron chi connectivity index (χ4n) is 2.81. The van der Waals surface area contributed by atoms with Crippen molar-refractivity contribution in [2.45, 2.75) is 51.0 Å². The van der Waals surface area contributed by atoms with Gasteiger partial charge in [0.05, 0.1) is 6.10 Å². The first-order valence-electron chi connectivity index (χ1n) is 6.67. The Balaban J connectivity index is 1.84. The Labute approximate surface area is 109 Å². The van der Waals surface area contributed by atoms with E-state index in [1.165, 1.54) is 32.1 Å². The maximum Gasteiger partial charge on any atom is 0.0583 e. The summed E-state index contributed by atoms with van der Waals surface area (Å²) < 4.78 is 0. The number of hydrogen-bond acceptors (Lipinski definition) is 1. The highest BCUT2D eigenvalue weighted by atomic mass is 35.5. The van der Waals surface area contributed by atoms with Gasteiger partial charge in [-0.3, -0.25) is 0 Å². The first-order valence-corrected chi connectivity index (χ1v) is 7.05. The SMILES string of the molecule is OC(Cc1ccccc1Cl)CC1CCCCC1. The van der Waals surface area contributed by atoms with Gasteiger partial charge < -0.3 is 5.11 Å². The van der Waals surface area contributed by atoms with Gasteiger partial charge in [0.1, 0.15) is 0 Å². The van der Waals surface area contributed by atoms with Crippen molar-refractivity contribution in [3.05, 3.63) is 34.9 Å². The van der Waals surface area contributed by atoms with E-state index in [0.29, 0.717) is 6.42 Å². The molecule has 1 unspecified atom stereocenters. The molecule has 0 heterocycles. The van der Waals surface area contributed by atoms with Crippen molar-refractivity contribution in [3.63, 3.8) is 0 Å². The second kappa shape index (κ2) is 6.42. The second-order valence-corrected chi connectivity index (χ2v) is 5.60. The van der Waals surface area contributed by atoms with E-state index in [0.717, 1.165) is 22.9 Å². The molecule has 1 aromatic carbocycles. The summed E-state index contributed by atoms with van der Waals surface area (Å²) in [5.41, 5.74) is 1.07. The maximum absolute atomic E-state index is 10.1. The molecule has 0 aliphatic heterocycles. The van der Waals surface area contributed by atoms with Crippen LogP contribution in [0.4, 0.5) is 0 Å². The molecular formula is C15H21ClO. The van der Waals surface area contributed by atoms with Crippen molar-refractivity contribution in [3.8, 4) is 0 Å². The van der Waals surface area contributed by atoms with E-state index in [1.54, 1.807) is 0 Å². The normalized spacial score (nSPS) is 19.2. The van der Waals surface area contributed by atoms with Crippen LogP contribution in [-0.4, -0.2) is 11.2 Å². The summed E-state index contributed by atoms with van der Waals surface area (Å²) in [6.07, 6.45) is 8.02. The molecule has 1 fully saturated rings. The minimum absolute atomic E-state index is 0.238. The van der Waals surface area contributed by atoms with Crippen LogP contribution >= 0.6 is 11.6 Å². The van der Waals surface area contributed by atoms with E-state index in [2.05, 4.69) is 0 Å². The van der Waals surface area contributed by atoms with Crippen LogP contribution in [0.3, 0.4) is 0 Å². The second-order valence-electron chi connectivity index (χ2n) is 5.19. The van der Waals surface area contributed by atoms with Gasteiger partial charge in [0.15, 0.2) is 0 Å². The number of rotatable bonds is 4. The molecule has 2 heteroatoms. The molecule has 1 N–H and O–H groups in total. The summed E-state index contributed by atoms with van der Waals surface area (Å²) in [7, 11) is 0. The quantitative estimate of drug-likeness (QED) is 0.851. The fraction of sp³-hybridized carbons (Fsp3) is 0.600. The lowest BCUT2D eigenvalue weighted by molar-refractivity contribution is 0.130. The lowest BCUT2D eigenvalue weighted by Crippen LogP contribution is -2.18. The zero-order valence-corrected chi connectivity index (χ0v) is 11.0. The predicted octanol–water partition coefficient (Wildman–Crippen LogP) is 4.21. The average molecular weight is 253 g/mol. The van der Waals surface area contributed by atoms with Crippen molar-refractivity contribution >= 4 is 11.6 Å². The van der Waals surface area contributed by atoms with Crippen LogP contribution in [0, 0.1) is 5.92 Å². The highest BCUT2D eigenvalue weighted by Gasteiger charge is 2.18. The largest absolute Gasteiger partial charge is 0.393 e. The number of hydrogen-bond donors (Lipinski definition) is 1. The van der Waals surface area contributed by atoms with Crippen LogP contribution in [0.5, 0.6) is 0 Å². The molecule has 0 spiro atoms. The Bertz CT molecular complexity index is 345. The molecule has 1 aliphatic carbocycles. The summed E-state index contributed by atoms with van der Waals surface area (Å²) >= 11 is 6.10. The number of aliphatic hydroxyl groups excluding tert-OH is 1. The summed E-state index contributed by atoms with van der Waals surface area (Å²) in [6, 6.07) is 7.81. The van der Waals surface area contributed by atoms with E-state index >= 15 is 0 Å². The highest BCUT2D eigenvalue weighted by Crippen LogP contribution is 2.28. The van der Waals surface area contributed by atoms with E-state index < -0.39 is 0 Å². The zero-order chi connectivity index (χ0) is 12.1. The Morgan fingerprint density at radius 3 is 2.59 bits per heavy atom. The third kappa shape index (κ3) is 4.01. The van der Waals surface area contributed by atoms with Gasteiger partial charge in [-0.25, -0.2) is 0 Å². The van der Waals surface area contributed by atoms with Crippen LogP contribution in [0.25, 0.3) is 0 Å². The van der Waals surface area contributed by atoms with Gasteiger partial charge in [0.25, 0.3) is 0 Å². The molecule has 0 saturated heterocycles. The Morgan fingerprint density at radius 2 is 1.88 bits per heavy atom. The van der Waals surface area contributed by atoms with Crippen LogP contribution in [-0.2, 0) is 6.42 Å². The van der Waals surface area contributed by atoms with E-state index in [9.17, 15) is 5.11 Å². The van der Waals surface area contributed by atoms with Crippen LogP contribution < -0.4 is 0 Å². The lowest BCUT2D eigenvalue weighted by Gasteiger charge is -2.24. The number of benzene rings is 1. The van der Waals surface area contributed by atoms with Crippen LogP contribution in [0.1, 0.15) is 44.1 Å². The van der Waals surface area contributed by atoms with Crippen molar-refractivity contribution in [1.29, 1.82) is 0 Å². The summed E-state index contributed by atoms with van der Waals surface area (Å²) in [5.74, 6) is 0.723. The van der Waals surface area contributed by atoms with Crippen molar-refractivity contribution in [1.82, 2.24) is 0 Å². The predicted molar refractivity (Wildman–Crippen MR) is 72.4 cm³/mol. The van der Waals surface area contributed by atoms with Crippen molar-refractivity contribution < 1.29 is 5.11 Å². The van der Waals surface area contributed by atoms with Gasteiger partial charge in [0, 0.05) is 5.02 Å². The Kier molecular flexibility index (Phi) is 4.87. The summed E-state index contributed by atoms with van der Waals surface area (Å²) in [5, 5.41) is 10.9. The minimum atomic E-state index is -0.238. The topological polar surface area (TPSA) is 20.2 Å². The highest BCUT2D eigenvalue weighted by molar-refractivity contribution is 6.31. The first-order chi connectivity index (χ1) is 8.25. The fourth-order valence-corrected chi connectivity index (χ4v) is 3.02. The maximum atomic E-state index is 10.1. The smallest absolute Gasteiger partial charge is 0.0583 e. The first kappa shape index (κ1) is 12.9. The monoisotopic (exact) mass is 252 g/mol. The lowest BCUT2D eigenvalue weighted by atomic mass is 9.84. The van der Waals surface area contributed by atoms with Gasteiger partial charge in [-0.15, -0.1) is 0 Å². The molecule has 1 aromatic rings. The molecule has 17 heavy (non-hydrogen) atoms. The van der Waals surface area contributed by atoms with Gasteiger partial charge in [0.2, 0.25) is 0 Å². The third-order valence-corrected chi connectivity index (χ3v) is 4.11. The summed E-state index contributed by atoms with van der Waals surface area (Å²) in [6.45, 7) is 0. The Morgan fingerprint density at radius 1 is 1.18 bits per heavy atom. The zero-order valence-electron chi connectivity index (χ0n) is 10.2. The molecule has 1 aliphatic rings. The summed E-state index contributed by atoms with van der Waals surface area (Å²) in [4.78, 5) is 0. The molecule has 1 saturated carbocycles. The van der Waals surface area contributed by atoms with Gasteiger partial charge in [-0.2, -0.15) is 0 Å². The Hall–Kier alpha value is -0.530. The van der Waals surface area contributed by atoms with Crippen molar-refractivity contribution in [2.24, 2.45) is 5.92 Å². The standard InChI is InChI=1S/C15H21ClO/c16-15-9-5-4-8-13(15)11-14(17)10-12-6-2-1-3-7-12/h4-5,8-9,12,14,17H,1-3,6-7,10-11H2. The number of aliphatic hydroxyl groups is 1. The molecular weight excluding hydrogens is 232 g/mol. The average Bonchev–Trinajstić information content (AvgIpc) is 2.33. The molecule has 0 radical (unpaired) electrons. The van der Waals surface area contributed by atoms with Crippen LogP contribution in [0.2, 0.25) is 5.02 Å². The molecule has 2 rings (SSSR count). The molecule has 0 bridgehead atoms. The van der Waals surface area contributed by atoms with Gasteiger partial charge in [-0.05, 0) is 30.4 Å². The van der Waals surface area contributed by atoms with E-state index in [-0.39, 0.29) is 6.10 Å². The van der Waals surface area contributed by atoms with Gasteiger partial charge in [-0.1, -0.05) is 61.9 Å². The van der Waals surface area contributed by atoms with Gasteiger partial charge >= 0.3 is 0 Å². The van der Waals surface area contributed by atoms with Crippen molar-refractivity contribution in [2.75, 3.05) is 0 Å². The molecule has 0 amide bonds. The van der Waals surface area contributed by atoms with E-state index in [1.807, 2.05) is 24.3 Å². The molecule has 1 nitrogen and oxygen atoms in total. The molecule has 1 atom stereocenters. The third-order valence-electron chi connectivity index (χ3n) is 3.74. The van der Waals surface area contributed by atoms with E-state index in [4.69, 9.17) is 11.6 Å². The molecule has 0 aromatic heterocycles. The van der Waals surface area contributed by atoms with Crippen LogP contribution in [0.15, 0.2) is 24.3 Å². The number of halogens is 1. The molecule has 94 valence electrons. The minimum Gasteiger partial charge on any atom is -0.393 e.